The van der Waals surface area contributed by atoms with E-state index in [0.717, 1.165) is 16.9 Å². The zero-order valence-corrected chi connectivity index (χ0v) is 23.0. The van der Waals surface area contributed by atoms with E-state index in [2.05, 4.69) is 13.8 Å². The maximum atomic E-state index is 13.6. The van der Waals surface area contributed by atoms with Gasteiger partial charge in [-0.15, -0.1) is 0 Å². The molecule has 1 spiro atoms. The fourth-order valence-electron chi connectivity index (χ4n) is 5.01. The van der Waals surface area contributed by atoms with Crippen LogP contribution >= 0.6 is 0 Å². The first-order valence-electron chi connectivity index (χ1n) is 13.4. The molecule has 0 saturated carbocycles. The van der Waals surface area contributed by atoms with Crippen LogP contribution in [0, 0.1) is 11.7 Å². The number of likely N-dealkylation sites (tertiary alicyclic amines) is 1. The standard InChI is InChI=1S/C30H39FN2O5/c1-21(2)20-36-25-12-8-23(9-13-25)19-33-26(18-22-6-10-24(31)11-7-22)30(38-28(33)35)14-16-32(17-15-30)27(34)37-29(3,4)5/h6-13,21,26H,14-20H2,1-5H3. The molecule has 2 aliphatic heterocycles. The van der Waals surface area contributed by atoms with Crippen molar-refractivity contribution in [3.8, 4) is 5.75 Å². The van der Waals surface area contributed by atoms with Gasteiger partial charge in [0.2, 0.25) is 0 Å². The van der Waals surface area contributed by atoms with E-state index in [1.807, 2.05) is 45.0 Å². The average molecular weight is 527 g/mol. The molecule has 0 bridgehead atoms. The van der Waals surface area contributed by atoms with E-state index in [4.69, 9.17) is 14.2 Å². The number of halogens is 1. The SMILES string of the molecule is CC(C)COc1ccc(CN2C(=O)OC3(CCN(C(=O)OC(C)(C)C)CC3)C2Cc2ccc(F)cc2)cc1. The number of piperidine rings is 1. The minimum atomic E-state index is -0.746. The van der Waals surface area contributed by atoms with Crippen molar-refractivity contribution in [1.29, 1.82) is 0 Å². The highest BCUT2D eigenvalue weighted by Crippen LogP contribution is 2.41. The molecule has 1 atom stereocenters. The molecular formula is C30H39FN2O5. The minimum Gasteiger partial charge on any atom is -0.493 e. The number of carbonyl (C=O) groups is 2. The minimum absolute atomic E-state index is 0.266. The highest BCUT2D eigenvalue weighted by molar-refractivity contribution is 5.72. The molecule has 206 valence electrons. The molecule has 7 nitrogen and oxygen atoms in total. The highest BCUT2D eigenvalue weighted by atomic mass is 19.1. The summed E-state index contributed by atoms with van der Waals surface area (Å²) in [6, 6.07) is 13.9. The number of hydrogen-bond donors (Lipinski definition) is 0. The van der Waals surface area contributed by atoms with Gasteiger partial charge in [0.25, 0.3) is 0 Å². The summed E-state index contributed by atoms with van der Waals surface area (Å²) in [7, 11) is 0. The lowest BCUT2D eigenvalue weighted by Crippen LogP contribution is -2.54. The Kier molecular flexibility index (Phi) is 8.19. The Balaban J connectivity index is 1.52. The van der Waals surface area contributed by atoms with Gasteiger partial charge in [-0.2, -0.15) is 0 Å². The molecule has 0 N–H and O–H groups in total. The lowest BCUT2D eigenvalue weighted by atomic mass is 9.81. The zero-order chi connectivity index (χ0) is 27.5. The van der Waals surface area contributed by atoms with Gasteiger partial charge in [-0.25, -0.2) is 14.0 Å². The summed E-state index contributed by atoms with van der Waals surface area (Å²) in [5.74, 6) is 0.920. The lowest BCUT2D eigenvalue weighted by Gasteiger charge is -2.42. The number of nitrogens with zero attached hydrogens (tertiary/aromatic N) is 2. The molecule has 2 aliphatic rings. The smallest absolute Gasteiger partial charge is 0.411 e. The second kappa shape index (κ2) is 11.2. The summed E-state index contributed by atoms with van der Waals surface area (Å²) in [6.45, 7) is 11.6. The maximum absolute atomic E-state index is 13.6. The summed E-state index contributed by atoms with van der Waals surface area (Å²) >= 11 is 0. The molecule has 2 heterocycles. The van der Waals surface area contributed by atoms with E-state index in [0.29, 0.717) is 51.4 Å². The Hall–Kier alpha value is -3.29. The Bertz CT molecular complexity index is 1100. The molecule has 4 rings (SSSR count). The van der Waals surface area contributed by atoms with Crippen LogP contribution in [0.3, 0.4) is 0 Å². The van der Waals surface area contributed by atoms with Crippen LogP contribution in [0.15, 0.2) is 48.5 Å². The van der Waals surface area contributed by atoms with E-state index in [1.54, 1.807) is 21.9 Å². The number of carbonyl (C=O) groups excluding carboxylic acids is 2. The van der Waals surface area contributed by atoms with Gasteiger partial charge in [-0.3, -0.25) is 4.90 Å². The number of amides is 2. The lowest BCUT2D eigenvalue weighted by molar-refractivity contribution is -0.0319. The van der Waals surface area contributed by atoms with Crippen molar-refractivity contribution in [1.82, 2.24) is 9.80 Å². The van der Waals surface area contributed by atoms with Crippen molar-refractivity contribution in [2.45, 2.75) is 77.7 Å². The third-order valence-electron chi connectivity index (χ3n) is 6.97. The monoisotopic (exact) mass is 526 g/mol. The molecule has 0 aromatic heterocycles. The molecule has 2 saturated heterocycles. The van der Waals surface area contributed by atoms with Gasteiger partial charge in [0.05, 0.1) is 12.6 Å². The fourth-order valence-corrected chi connectivity index (χ4v) is 5.01. The normalized spacial score (nSPS) is 19.1. The summed E-state index contributed by atoms with van der Waals surface area (Å²) < 4.78 is 31.0. The van der Waals surface area contributed by atoms with E-state index < -0.39 is 11.2 Å². The average Bonchev–Trinajstić information content (AvgIpc) is 3.09. The second-order valence-corrected chi connectivity index (χ2v) is 11.7. The summed E-state index contributed by atoms with van der Waals surface area (Å²) in [4.78, 5) is 29.4. The highest BCUT2D eigenvalue weighted by Gasteiger charge is 2.55. The molecular weight excluding hydrogens is 487 g/mol. The molecule has 38 heavy (non-hydrogen) atoms. The Morgan fingerprint density at radius 3 is 2.24 bits per heavy atom. The number of rotatable bonds is 7. The third kappa shape index (κ3) is 6.77. The van der Waals surface area contributed by atoms with Crippen LogP contribution < -0.4 is 4.74 Å². The van der Waals surface area contributed by atoms with Gasteiger partial charge in [-0.1, -0.05) is 38.1 Å². The van der Waals surface area contributed by atoms with Gasteiger partial charge >= 0.3 is 12.2 Å². The van der Waals surface area contributed by atoms with Gasteiger partial charge in [-0.05, 0) is 68.5 Å². The molecule has 2 amide bonds. The molecule has 8 heteroatoms. The molecule has 2 fully saturated rings. The Morgan fingerprint density at radius 2 is 1.66 bits per heavy atom. The predicted octanol–water partition coefficient (Wildman–Crippen LogP) is 6.19. The van der Waals surface area contributed by atoms with Crippen LogP contribution in [0.2, 0.25) is 0 Å². The van der Waals surface area contributed by atoms with Crippen molar-refractivity contribution in [3.05, 3.63) is 65.5 Å². The van der Waals surface area contributed by atoms with Crippen LogP contribution in [0.4, 0.5) is 14.0 Å². The quantitative estimate of drug-likeness (QED) is 0.430. The van der Waals surface area contributed by atoms with Crippen molar-refractivity contribution >= 4 is 12.2 Å². The molecule has 0 aliphatic carbocycles. The van der Waals surface area contributed by atoms with Crippen LogP contribution in [-0.2, 0) is 22.4 Å². The van der Waals surface area contributed by atoms with E-state index in [1.165, 1.54) is 12.1 Å². The topological polar surface area (TPSA) is 68.3 Å². The molecule has 2 aromatic rings. The maximum Gasteiger partial charge on any atom is 0.411 e. The van der Waals surface area contributed by atoms with E-state index in [9.17, 15) is 14.0 Å². The van der Waals surface area contributed by atoms with Crippen LogP contribution in [-0.4, -0.2) is 58.9 Å². The van der Waals surface area contributed by atoms with Gasteiger partial charge in [0, 0.05) is 32.5 Å². The molecule has 1 unspecified atom stereocenters. The van der Waals surface area contributed by atoms with E-state index in [-0.39, 0.29) is 24.0 Å². The summed E-state index contributed by atoms with van der Waals surface area (Å²) in [5.41, 5.74) is 0.561. The van der Waals surface area contributed by atoms with Crippen molar-refractivity contribution in [2.24, 2.45) is 5.92 Å². The fraction of sp³-hybridized carbons (Fsp3) is 0.533. The van der Waals surface area contributed by atoms with Crippen LogP contribution in [0.25, 0.3) is 0 Å². The van der Waals surface area contributed by atoms with Crippen LogP contribution in [0.1, 0.15) is 58.6 Å². The molecule has 0 radical (unpaired) electrons. The number of benzene rings is 2. The first kappa shape index (κ1) is 27.7. The van der Waals surface area contributed by atoms with Gasteiger partial charge in [0.1, 0.15) is 22.8 Å². The van der Waals surface area contributed by atoms with E-state index >= 15 is 0 Å². The third-order valence-corrected chi connectivity index (χ3v) is 6.97. The Morgan fingerprint density at radius 1 is 1.05 bits per heavy atom. The first-order chi connectivity index (χ1) is 17.9. The summed E-state index contributed by atoms with van der Waals surface area (Å²) in [6.07, 6.45) is 0.796. The zero-order valence-electron chi connectivity index (χ0n) is 23.0. The van der Waals surface area contributed by atoms with Crippen molar-refractivity contribution in [2.75, 3.05) is 19.7 Å². The molecule has 2 aromatic carbocycles. The van der Waals surface area contributed by atoms with Gasteiger partial charge in [0.15, 0.2) is 0 Å². The first-order valence-corrected chi connectivity index (χ1v) is 13.4. The second-order valence-electron chi connectivity index (χ2n) is 11.7. The van der Waals surface area contributed by atoms with Crippen molar-refractivity contribution in [3.63, 3.8) is 0 Å². The predicted molar refractivity (Wildman–Crippen MR) is 142 cm³/mol. The largest absolute Gasteiger partial charge is 0.493 e. The Labute approximate surface area is 224 Å². The number of hydrogen-bond acceptors (Lipinski definition) is 5. The van der Waals surface area contributed by atoms with Crippen molar-refractivity contribution < 1.29 is 28.2 Å². The van der Waals surface area contributed by atoms with Gasteiger partial charge < -0.3 is 19.1 Å². The summed E-state index contributed by atoms with van der Waals surface area (Å²) in [5, 5.41) is 0. The number of ether oxygens (including phenoxy) is 3. The van der Waals surface area contributed by atoms with Crippen LogP contribution in [0.5, 0.6) is 5.75 Å².